The van der Waals surface area contributed by atoms with Crippen molar-refractivity contribution in [3.63, 3.8) is 0 Å². The number of aliphatic imine (C=N–C) groups is 1. The van der Waals surface area contributed by atoms with Crippen molar-refractivity contribution in [2.75, 3.05) is 11.9 Å². The van der Waals surface area contributed by atoms with Crippen LogP contribution in [0.5, 0.6) is 0 Å². The van der Waals surface area contributed by atoms with Crippen molar-refractivity contribution in [2.24, 2.45) is 10.4 Å². The van der Waals surface area contributed by atoms with E-state index in [2.05, 4.69) is 28.0 Å². The number of fused-ring (bicyclic) bond motifs is 1. The summed E-state index contributed by atoms with van der Waals surface area (Å²) < 4.78 is 2.18. The lowest BCUT2D eigenvalue weighted by molar-refractivity contribution is -0.124. The maximum atomic E-state index is 12.5. The third kappa shape index (κ3) is 3.49. The second-order valence-electron chi connectivity index (χ2n) is 7.35. The first-order chi connectivity index (χ1) is 11.8. The van der Waals surface area contributed by atoms with E-state index < -0.39 is 5.41 Å². The lowest BCUT2D eigenvalue weighted by Crippen LogP contribution is -2.24. The Balaban J connectivity index is 2.16. The smallest absolute Gasteiger partial charge is 0.251 e. The molecular formula is C20H24ClN3O. The Kier molecular flexibility index (Phi) is 4.74. The molecule has 0 saturated carbocycles. The molecule has 5 heteroatoms. The average Bonchev–Trinajstić information content (AvgIpc) is 2.94. The van der Waals surface area contributed by atoms with Gasteiger partial charge in [-0.1, -0.05) is 44.5 Å². The van der Waals surface area contributed by atoms with Gasteiger partial charge in [-0.2, -0.15) is 0 Å². The Morgan fingerprint density at radius 1 is 1.28 bits per heavy atom. The van der Waals surface area contributed by atoms with Crippen LogP contribution in [0.25, 0.3) is 11.1 Å². The predicted octanol–water partition coefficient (Wildman–Crippen LogP) is 5.01. The van der Waals surface area contributed by atoms with Crippen molar-refractivity contribution in [3.05, 3.63) is 41.0 Å². The number of nitrogens with one attached hydrogen (secondary N) is 1. The van der Waals surface area contributed by atoms with Crippen LogP contribution in [0.2, 0.25) is 5.02 Å². The number of aryl methyl sites for hydroxylation is 1. The van der Waals surface area contributed by atoms with Gasteiger partial charge in [0.1, 0.15) is 5.82 Å². The maximum Gasteiger partial charge on any atom is 0.251 e. The van der Waals surface area contributed by atoms with Crippen molar-refractivity contribution in [1.29, 1.82) is 0 Å². The molecule has 0 fully saturated rings. The Bertz CT molecular complexity index is 826. The summed E-state index contributed by atoms with van der Waals surface area (Å²) >= 11 is 6.04. The summed E-state index contributed by atoms with van der Waals surface area (Å²) in [6, 6.07) is 7.80. The van der Waals surface area contributed by atoms with Gasteiger partial charge in [-0.3, -0.25) is 4.79 Å². The van der Waals surface area contributed by atoms with Crippen LogP contribution >= 0.6 is 11.6 Å². The molecule has 132 valence electrons. The van der Waals surface area contributed by atoms with E-state index in [0.717, 1.165) is 47.7 Å². The number of hydrogen-bond acceptors (Lipinski definition) is 2. The highest BCUT2D eigenvalue weighted by Crippen LogP contribution is 2.36. The largest absolute Gasteiger partial charge is 0.371 e. The molecule has 2 heterocycles. The molecule has 25 heavy (non-hydrogen) atoms. The van der Waals surface area contributed by atoms with Crippen molar-refractivity contribution in [3.8, 4) is 11.1 Å². The monoisotopic (exact) mass is 357 g/mol. The van der Waals surface area contributed by atoms with Gasteiger partial charge < -0.3 is 9.88 Å². The van der Waals surface area contributed by atoms with Gasteiger partial charge in [0.2, 0.25) is 0 Å². The van der Waals surface area contributed by atoms with Gasteiger partial charge in [0.05, 0.1) is 5.71 Å². The van der Waals surface area contributed by atoms with Gasteiger partial charge in [0.15, 0.2) is 0 Å². The van der Waals surface area contributed by atoms with Crippen molar-refractivity contribution < 1.29 is 4.79 Å². The van der Waals surface area contributed by atoms with E-state index in [1.807, 2.05) is 45.0 Å². The second kappa shape index (κ2) is 6.68. The molecule has 0 saturated heterocycles. The van der Waals surface area contributed by atoms with Crippen LogP contribution in [-0.4, -0.2) is 22.7 Å². The minimum atomic E-state index is -0.480. The molecule has 1 aromatic heterocycles. The molecule has 2 aromatic rings. The van der Waals surface area contributed by atoms with E-state index in [1.54, 1.807) is 0 Å². The molecule has 1 aromatic carbocycles. The van der Waals surface area contributed by atoms with Crippen LogP contribution < -0.4 is 5.32 Å². The zero-order chi connectivity index (χ0) is 18.2. The van der Waals surface area contributed by atoms with E-state index in [0.29, 0.717) is 5.02 Å². The normalized spacial score (nSPS) is 15.8. The molecule has 1 amide bonds. The van der Waals surface area contributed by atoms with Crippen LogP contribution in [0.1, 0.15) is 39.7 Å². The summed E-state index contributed by atoms with van der Waals surface area (Å²) in [6.45, 7) is 9.45. The first-order valence-electron chi connectivity index (χ1n) is 8.66. The van der Waals surface area contributed by atoms with Gasteiger partial charge >= 0.3 is 0 Å². The number of halogens is 1. The molecular weight excluding hydrogens is 334 g/mol. The van der Waals surface area contributed by atoms with E-state index >= 15 is 0 Å². The summed E-state index contributed by atoms with van der Waals surface area (Å²) in [5.74, 6) is 0.959. The standard InChI is InChI=1S/C20H24ClN3O/c1-5-24-12-15(13-6-8-14(21)9-7-13)17-16(10-11-22-18(17)24)23-19(25)20(2,3)4/h6-9,12,22H,5,10-11H2,1-4H3. The number of rotatable bonds is 2. The van der Waals surface area contributed by atoms with Crippen molar-refractivity contribution in [2.45, 2.75) is 40.7 Å². The molecule has 1 aliphatic rings. The van der Waals surface area contributed by atoms with Gasteiger partial charge in [-0.25, -0.2) is 4.99 Å². The molecule has 1 N–H and O–H groups in total. The highest BCUT2D eigenvalue weighted by Gasteiger charge is 2.27. The fourth-order valence-corrected chi connectivity index (χ4v) is 3.09. The molecule has 0 bridgehead atoms. The molecule has 0 radical (unpaired) electrons. The van der Waals surface area contributed by atoms with Crippen LogP contribution in [0.15, 0.2) is 35.5 Å². The SMILES string of the molecule is CCn1cc(-c2ccc(Cl)cc2)c2c1NCCC2=NC(=O)C(C)(C)C. The summed E-state index contributed by atoms with van der Waals surface area (Å²) in [5, 5.41) is 4.18. The number of hydrogen-bond donors (Lipinski definition) is 1. The summed E-state index contributed by atoms with van der Waals surface area (Å²) in [7, 11) is 0. The van der Waals surface area contributed by atoms with Crippen LogP contribution in [0, 0.1) is 5.41 Å². The van der Waals surface area contributed by atoms with E-state index in [1.165, 1.54) is 0 Å². The number of carbonyl (C=O) groups excluding carboxylic acids is 1. The number of anilines is 1. The lowest BCUT2D eigenvalue weighted by Gasteiger charge is -2.21. The quantitative estimate of drug-likeness (QED) is 0.821. The Morgan fingerprint density at radius 2 is 1.96 bits per heavy atom. The van der Waals surface area contributed by atoms with Gasteiger partial charge in [-0.05, 0) is 24.6 Å². The highest BCUT2D eigenvalue weighted by atomic mass is 35.5. The molecule has 4 nitrogen and oxygen atoms in total. The summed E-state index contributed by atoms with van der Waals surface area (Å²) in [5.41, 5.74) is 3.58. The van der Waals surface area contributed by atoms with E-state index in [4.69, 9.17) is 11.6 Å². The number of aromatic nitrogens is 1. The fourth-order valence-electron chi connectivity index (χ4n) is 2.96. The van der Waals surface area contributed by atoms with Crippen LogP contribution in [0.4, 0.5) is 5.82 Å². The zero-order valence-electron chi connectivity index (χ0n) is 15.2. The minimum Gasteiger partial charge on any atom is -0.371 e. The first-order valence-corrected chi connectivity index (χ1v) is 9.04. The second-order valence-corrected chi connectivity index (χ2v) is 7.79. The highest BCUT2D eigenvalue weighted by molar-refractivity contribution is 6.30. The fraction of sp³-hybridized carbons (Fsp3) is 0.400. The third-order valence-corrected chi connectivity index (χ3v) is 4.65. The molecule has 0 atom stereocenters. The van der Waals surface area contributed by atoms with E-state index in [9.17, 15) is 4.79 Å². The molecule has 3 rings (SSSR count). The Labute approximate surface area is 153 Å². The summed E-state index contributed by atoms with van der Waals surface area (Å²) in [4.78, 5) is 17.0. The molecule has 0 aliphatic carbocycles. The van der Waals surface area contributed by atoms with Gasteiger partial charge in [-0.15, -0.1) is 0 Å². The Morgan fingerprint density at radius 3 is 2.56 bits per heavy atom. The molecule has 0 unspecified atom stereocenters. The Hall–Kier alpha value is -2.07. The lowest BCUT2D eigenvalue weighted by atomic mass is 9.94. The molecule has 1 aliphatic heterocycles. The zero-order valence-corrected chi connectivity index (χ0v) is 15.9. The molecule has 0 spiro atoms. The van der Waals surface area contributed by atoms with Crippen LogP contribution in [-0.2, 0) is 11.3 Å². The maximum absolute atomic E-state index is 12.5. The van der Waals surface area contributed by atoms with E-state index in [-0.39, 0.29) is 5.91 Å². The summed E-state index contributed by atoms with van der Waals surface area (Å²) in [6.07, 6.45) is 2.87. The van der Waals surface area contributed by atoms with Gasteiger partial charge in [0.25, 0.3) is 5.91 Å². The number of benzene rings is 1. The number of nitrogens with zero attached hydrogens (tertiary/aromatic N) is 2. The number of carbonyl (C=O) groups is 1. The number of amides is 1. The minimum absolute atomic E-state index is 0.0818. The van der Waals surface area contributed by atoms with Gasteiger partial charge in [0, 0.05) is 47.3 Å². The average molecular weight is 358 g/mol. The van der Waals surface area contributed by atoms with Crippen LogP contribution in [0.3, 0.4) is 0 Å². The third-order valence-electron chi connectivity index (χ3n) is 4.40. The van der Waals surface area contributed by atoms with Crippen molar-refractivity contribution >= 4 is 29.0 Å². The first kappa shape index (κ1) is 17.7. The topological polar surface area (TPSA) is 46.4 Å². The predicted molar refractivity (Wildman–Crippen MR) is 105 cm³/mol. The van der Waals surface area contributed by atoms with Crippen molar-refractivity contribution in [1.82, 2.24) is 4.57 Å².